The molecular weight excluding hydrogens is 406 g/mol. The van der Waals surface area contributed by atoms with E-state index in [0.717, 1.165) is 27.6 Å². The van der Waals surface area contributed by atoms with Crippen molar-refractivity contribution in [1.82, 2.24) is 24.7 Å². The molecule has 0 radical (unpaired) electrons. The molecule has 1 aromatic carbocycles. The summed E-state index contributed by atoms with van der Waals surface area (Å²) in [5.41, 5.74) is 10.0. The van der Waals surface area contributed by atoms with E-state index in [4.69, 9.17) is 5.73 Å². The van der Waals surface area contributed by atoms with Crippen molar-refractivity contribution in [3.63, 3.8) is 0 Å². The Balaban J connectivity index is 1.66. The number of hydrogen-bond acceptors (Lipinski definition) is 6. The molecule has 27 heavy (non-hydrogen) atoms. The van der Waals surface area contributed by atoms with Crippen LogP contribution < -0.4 is 11.1 Å². The van der Waals surface area contributed by atoms with E-state index in [2.05, 4.69) is 66.4 Å². The summed E-state index contributed by atoms with van der Waals surface area (Å²) in [6, 6.07) is 8.33. The average Bonchev–Trinajstić information content (AvgIpc) is 3.10. The van der Waals surface area contributed by atoms with Crippen LogP contribution in [0.25, 0.3) is 22.0 Å². The predicted molar refractivity (Wildman–Crippen MR) is 110 cm³/mol. The van der Waals surface area contributed by atoms with Crippen molar-refractivity contribution >= 4 is 38.5 Å². The van der Waals surface area contributed by atoms with Crippen molar-refractivity contribution in [2.75, 3.05) is 11.1 Å². The number of nitrogens with one attached hydrogen (secondary N) is 1. The number of hydrogen-bond donors (Lipinski definition) is 2. The molecule has 4 aromatic rings. The van der Waals surface area contributed by atoms with Gasteiger partial charge in [0.05, 0.1) is 24.0 Å². The maximum Gasteiger partial charge on any atom is 0.170 e. The molecule has 3 heterocycles. The smallest absolute Gasteiger partial charge is 0.170 e. The first-order valence-electron chi connectivity index (χ1n) is 8.43. The van der Waals surface area contributed by atoms with Crippen LogP contribution in [-0.4, -0.2) is 24.7 Å². The van der Waals surface area contributed by atoms with Gasteiger partial charge in [-0.2, -0.15) is 5.10 Å². The van der Waals surface area contributed by atoms with Crippen LogP contribution in [0.4, 0.5) is 11.6 Å². The maximum atomic E-state index is 5.92. The largest absolute Gasteiger partial charge is 0.381 e. The van der Waals surface area contributed by atoms with Crippen molar-refractivity contribution in [2.24, 2.45) is 7.05 Å². The van der Waals surface area contributed by atoms with Gasteiger partial charge in [0.2, 0.25) is 0 Å². The van der Waals surface area contributed by atoms with Crippen LogP contribution in [-0.2, 0) is 7.05 Å². The van der Waals surface area contributed by atoms with Gasteiger partial charge in [-0.15, -0.1) is 0 Å². The fourth-order valence-electron chi connectivity index (χ4n) is 2.92. The Morgan fingerprint density at radius 3 is 2.74 bits per heavy atom. The average molecular weight is 424 g/mol. The summed E-state index contributed by atoms with van der Waals surface area (Å²) in [6.45, 7) is 2.06. The van der Waals surface area contributed by atoms with Crippen molar-refractivity contribution in [3.05, 3.63) is 59.2 Å². The van der Waals surface area contributed by atoms with Gasteiger partial charge < -0.3 is 11.1 Å². The van der Waals surface area contributed by atoms with Crippen LogP contribution in [0.15, 0.2) is 53.7 Å². The first kappa shape index (κ1) is 17.4. The van der Waals surface area contributed by atoms with Gasteiger partial charge in [0.25, 0.3) is 0 Å². The highest BCUT2D eigenvalue weighted by Gasteiger charge is 2.11. The number of fused-ring (bicyclic) bond motifs is 1. The first-order chi connectivity index (χ1) is 13.0. The fraction of sp³-hybridized carbons (Fsp3) is 0.158. The third-order valence-corrected chi connectivity index (χ3v) is 4.75. The number of halogens is 1. The minimum Gasteiger partial charge on any atom is -0.381 e. The van der Waals surface area contributed by atoms with E-state index in [1.807, 2.05) is 31.7 Å². The number of nitrogens with two attached hydrogens (primary N) is 1. The van der Waals surface area contributed by atoms with Gasteiger partial charge in [-0.3, -0.25) is 9.67 Å². The minimum absolute atomic E-state index is 0.00217. The number of rotatable bonds is 4. The molecule has 7 nitrogen and oxygen atoms in total. The second-order valence-corrected chi connectivity index (χ2v) is 7.18. The standard InChI is InChI=1S/C19H18BrN7/c1-11(25-19-18(21)23-9-17(20)26-19)12-3-4-16-13(5-12)6-14(7-22-16)15-8-24-27(2)10-15/h3-11H,1-2H3,(H2,21,23)(H,25,26). The molecule has 8 heteroatoms. The SMILES string of the molecule is CC(Nc1nc(Br)cnc1N)c1ccc2ncc(-c3cnn(C)c3)cc2c1. The Morgan fingerprint density at radius 1 is 1.11 bits per heavy atom. The Hall–Kier alpha value is -3.00. The summed E-state index contributed by atoms with van der Waals surface area (Å²) in [4.78, 5) is 13.0. The summed E-state index contributed by atoms with van der Waals surface area (Å²) in [6.07, 6.45) is 7.27. The zero-order valence-corrected chi connectivity index (χ0v) is 16.5. The topological polar surface area (TPSA) is 94.5 Å². The molecule has 0 saturated carbocycles. The van der Waals surface area contributed by atoms with E-state index in [0.29, 0.717) is 16.2 Å². The molecule has 0 spiro atoms. The lowest BCUT2D eigenvalue weighted by Crippen LogP contribution is -2.11. The molecule has 3 aromatic heterocycles. The Bertz CT molecular complexity index is 1120. The summed E-state index contributed by atoms with van der Waals surface area (Å²) >= 11 is 3.32. The van der Waals surface area contributed by atoms with Crippen LogP contribution in [0, 0.1) is 0 Å². The molecule has 1 unspecified atom stereocenters. The van der Waals surface area contributed by atoms with Crippen LogP contribution in [0.5, 0.6) is 0 Å². The van der Waals surface area contributed by atoms with Crippen LogP contribution >= 0.6 is 15.9 Å². The summed E-state index contributed by atoms with van der Waals surface area (Å²) in [5, 5.41) is 8.62. The van der Waals surface area contributed by atoms with Crippen LogP contribution in [0.1, 0.15) is 18.5 Å². The third-order valence-electron chi connectivity index (χ3n) is 4.37. The molecule has 0 aliphatic rings. The molecule has 3 N–H and O–H groups in total. The van der Waals surface area contributed by atoms with Gasteiger partial charge in [-0.05, 0) is 46.6 Å². The summed E-state index contributed by atoms with van der Waals surface area (Å²) in [7, 11) is 1.90. The van der Waals surface area contributed by atoms with Crippen molar-refractivity contribution in [2.45, 2.75) is 13.0 Å². The number of aryl methyl sites for hydroxylation is 1. The predicted octanol–water partition coefficient (Wildman–Crippen LogP) is 3.94. The van der Waals surface area contributed by atoms with Crippen molar-refractivity contribution < 1.29 is 0 Å². The molecule has 0 aliphatic carbocycles. The number of nitrogens with zero attached hydrogens (tertiary/aromatic N) is 5. The zero-order valence-electron chi connectivity index (χ0n) is 14.9. The number of pyridine rings is 1. The van der Waals surface area contributed by atoms with E-state index >= 15 is 0 Å². The second-order valence-electron chi connectivity index (χ2n) is 6.37. The Morgan fingerprint density at radius 2 is 1.96 bits per heavy atom. The highest BCUT2D eigenvalue weighted by Crippen LogP contribution is 2.27. The molecule has 0 bridgehead atoms. The minimum atomic E-state index is 0.00217. The summed E-state index contributed by atoms with van der Waals surface area (Å²) < 4.78 is 2.42. The Labute approximate surface area is 164 Å². The van der Waals surface area contributed by atoms with E-state index in [-0.39, 0.29) is 6.04 Å². The lowest BCUT2D eigenvalue weighted by Gasteiger charge is -2.16. The molecule has 0 fully saturated rings. The molecule has 0 amide bonds. The van der Waals surface area contributed by atoms with Gasteiger partial charge in [-0.1, -0.05) is 6.07 Å². The fourth-order valence-corrected chi connectivity index (χ4v) is 3.20. The highest BCUT2D eigenvalue weighted by molar-refractivity contribution is 9.10. The zero-order chi connectivity index (χ0) is 19.0. The lowest BCUT2D eigenvalue weighted by atomic mass is 10.0. The molecule has 0 saturated heterocycles. The van der Waals surface area contributed by atoms with Crippen molar-refractivity contribution in [1.29, 1.82) is 0 Å². The number of anilines is 2. The highest BCUT2D eigenvalue weighted by atomic mass is 79.9. The van der Waals surface area contributed by atoms with Gasteiger partial charge in [0, 0.05) is 36.0 Å². The van der Waals surface area contributed by atoms with Crippen LogP contribution in [0.2, 0.25) is 0 Å². The third kappa shape index (κ3) is 3.61. The van der Waals surface area contributed by atoms with E-state index in [1.165, 1.54) is 0 Å². The van der Waals surface area contributed by atoms with Crippen LogP contribution in [0.3, 0.4) is 0 Å². The number of benzene rings is 1. The molecule has 1 atom stereocenters. The van der Waals surface area contributed by atoms with E-state index in [1.54, 1.807) is 10.9 Å². The van der Waals surface area contributed by atoms with E-state index < -0.39 is 0 Å². The summed E-state index contributed by atoms with van der Waals surface area (Å²) in [5.74, 6) is 0.922. The lowest BCUT2D eigenvalue weighted by molar-refractivity contribution is 0.768. The number of nitrogen functional groups attached to an aromatic ring is 1. The quantitative estimate of drug-likeness (QED) is 0.515. The first-order valence-corrected chi connectivity index (χ1v) is 9.22. The molecular formula is C19H18BrN7. The molecule has 136 valence electrons. The second kappa shape index (κ2) is 6.96. The van der Waals surface area contributed by atoms with E-state index in [9.17, 15) is 0 Å². The van der Waals surface area contributed by atoms with Gasteiger partial charge in [0.1, 0.15) is 4.60 Å². The van der Waals surface area contributed by atoms with Crippen molar-refractivity contribution in [3.8, 4) is 11.1 Å². The van der Waals surface area contributed by atoms with Gasteiger partial charge >= 0.3 is 0 Å². The molecule has 4 rings (SSSR count). The monoisotopic (exact) mass is 423 g/mol. The van der Waals surface area contributed by atoms with Gasteiger partial charge in [-0.25, -0.2) is 9.97 Å². The normalized spacial score (nSPS) is 12.3. The van der Waals surface area contributed by atoms with Gasteiger partial charge in [0.15, 0.2) is 11.6 Å². The number of aromatic nitrogens is 5. The maximum absolute atomic E-state index is 5.92. The Kier molecular flexibility index (Phi) is 4.49. The molecule has 0 aliphatic heterocycles.